The first-order chi connectivity index (χ1) is 6.73. The molecule has 0 amide bonds. The van der Waals surface area contributed by atoms with Gasteiger partial charge in [-0.1, -0.05) is 0 Å². The van der Waals surface area contributed by atoms with Gasteiger partial charge in [-0.3, -0.25) is 0 Å². The Morgan fingerprint density at radius 1 is 0.733 bits per heavy atom. The van der Waals surface area contributed by atoms with Crippen LogP contribution >= 0.6 is 0 Å². The van der Waals surface area contributed by atoms with Gasteiger partial charge in [0, 0.05) is 19.5 Å². The summed E-state index contributed by atoms with van der Waals surface area (Å²) in [5.41, 5.74) is 0. The summed E-state index contributed by atoms with van der Waals surface area (Å²) in [5, 5.41) is 0. The molecule has 0 unspecified atom stereocenters. The summed E-state index contributed by atoms with van der Waals surface area (Å²) in [6.07, 6.45) is 0. The molecule has 0 radical (unpaired) electrons. The van der Waals surface area contributed by atoms with E-state index in [-0.39, 0.29) is 19.5 Å². The number of rotatable bonds is 0. The third kappa shape index (κ3) is 19.6. The van der Waals surface area contributed by atoms with Crippen LogP contribution in [0, 0.1) is 0 Å². The number of hydrogen-bond acceptors (Lipinski definition) is 1. The molecule has 0 aromatic heterocycles. The molecule has 15 heavy (non-hydrogen) atoms. The van der Waals surface area contributed by atoms with E-state index in [1.54, 1.807) is 0 Å². The van der Waals surface area contributed by atoms with Gasteiger partial charge in [0.1, 0.15) is 0 Å². The Labute approximate surface area is 106 Å². The summed E-state index contributed by atoms with van der Waals surface area (Å²) in [6.45, 7) is 0. The van der Waals surface area contributed by atoms with E-state index in [4.69, 9.17) is 0 Å². The standard InChI is InChI=1S/2C5H5.C3H9N.Ru/c2*1-2-4-5-3-1;1-4(2)3;/h2*1-5H;1-3H3;/q-5;-1;;. The van der Waals surface area contributed by atoms with Gasteiger partial charge in [-0.2, -0.15) is 18.2 Å². The Balaban J connectivity index is 0. The van der Waals surface area contributed by atoms with E-state index < -0.39 is 0 Å². The second kappa shape index (κ2) is 13.3. The van der Waals surface area contributed by atoms with Crippen LogP contribution in [0.4, 0.5) is 0 Å². The van der Waals surface area contributed by atoms with Gasteiger partial charge in [0.2, 0.25) is 0 Å². The van der Waals surface area contributed by atoms with Crippen molar-refractivity contribution < 1.29 is 19.5 Å². The molecule has 2 aromatic rings. The average Bonchev–Trinajstić information content (AvgIpc) is 2.83. The first-order valence-corrected chi connectivity index (χ1v) is 4.67. The summed E-state index contributed by atoms with van der Waals surface area (Å²) >= 11 is 0. The van der Waals surface area contributed by atoms with Gasteiger partial charge < -0.3 is 35.2 Å². The second-order valence-electron chi connectivity index (χ2n) is 3.27. The third-order valence-corrected chi connectivity index (χ3v) is 1.11. The van der Waals surface area contributed by atoms with Crippen LogP contribution in [0.1, 0.15) is 0 Å². The van der Waals surface area contributed by atoms with Crippen molar-refractivity contribution in [3.05, 3.63) is 60.7 Å². The van der Waals surface area contributed by atoms with Gasteiger partial charge in [0.05, 0.1) is 0 Å². The zero-order chi connectivity index (χ0) is 10.6. The minimum Gasteiger partial charge on any atom is -0.748 e. The quantitative estimate of drug-likeness (QED) is 0.532. The van der Waals surface area contributed by atoms with Gasteiger partial charge in [0.25, 0.3) is 0 Å². The first kappa shape index (κ1) is 16.7. The van der Waals surface area contributed by atoms with Crippen LogP contribution in [0.3, 0.4) is 0 Å². The first-order valence-electron chi connectivity index (χ1n) is 4.67. The van der Waals surface area contributed by atoms with Gasteiger partial charge >= 0.3 is 0 Å². The van der Waals surface area contributed by atoms with Gasteiger partial charge in [-0.25, -0.2) is 12.1 Å². The van der Waals surface area contributed by atoms with Crippen LogP contribution < -0.4 is 0 Å². The summed E-state index contributed by atoms with van der Waals surface area (Å²) in [6, 6.07) is 20.0. The third-order valence-electron chi connectivity index (χ3n) is 1.11. The van der Waals surface area contributed by atoms with Crippen molar-refractivity contribution in [1.82, 2.24) is 4.90 Å². The zero-order valence-corrected chi connectivity index (χ0v) is 11.3. The molecule has 0 aliphatic carbocycles. The van der Waals surface area contributed by atoms with Crippen molar-refractivity contribution in [2.75, 3.05) is 21.1 Å². The molecule has 0 aliphatic rings. The molecular weight excluding hydrogens is 271 g/mol. The van der Waals surface area contributed by atoms with E-state index in [0.29, 0.717) is 0 Å². The van der Waals surface area contributed by atoms with Crippen molar-refractivity contribution in [3.8, 4) is 0 Å². The van der Waals surface area contributed by atoms with Gasteiger partial charge in [-0.05, 0) is 21.1 Å². The SMILES string of the molecule is CN(C)C.[Ru].[cH-]1[cH-][cH-][cH-][cH-]1.c1cc[cH-]c1. The molecule has 0 atom stereocenters. The van der Waals surface area contributed by atoms with E-state index in [9.17, 15) is 0 Å². The van der Waals surface area contributed by atoms with Crippen LogP contribution in [-0.4, -0.2) is 26.0 Å². The van der Waals surface area contributed by atoms with Gasteiger partial charge in [-0.15, -0.1) is 0 Å². The smallest absolute Gasteiger partial charge is 0 e. The molecule has 0 heterocycles. The van der Waals surface area contributed by atoms with Crippen LogP contribution in [0.25, 0.3) is 0 Å². The fraction of sp³-hybridized carbons (Fsp3) is 0.231. The molecule has 0 bridgehead atoms. The molecule has 0 spiro atoms. The summed E-state index contributed by atoms with van der Waals surface area (Å²) in [5.74, 6) is 0. The van der Waals surface area contributed by atoms with Crippen molar-refractivity contribution in [2.24, 2.45) is 0 Å². The van der Waals surface area contributed by atoms with Crippen molar-refractivity contribution in [3.63, 3.8) is 0 Å². The molecule has 0 saturated carbocycles. The maximum Gasteiger partial charge on any atom is 0 e. The van der Waals surface area contributed by atoms with E-state index in [1.807, 2.05) is 86.7 Å². The molecule has 0 aliphatic heterocycles. The number of hydrogen-bond donors (Lipinski definition) is 0. The van der Waals surface area contributed by atoms with E-state index in [1.165, 1.54) is 0 Å². The van der Waals surface area contributed by atoms with E-state index >= 15 is 0 Å². The van der Waals surface area contributed by atoms with E-state index in [2.05, 4.69) is 0 Å². The molecular formula is C13H19NRu-6. The molecule has 1 nitrogen and oxygen atoms in total. The number of nitrogens with zero attached hydrogens (tertiary/aromatic N) is 1. The predicted octanol–water partition coefficient (Wildman–Crippen LogP) is 2.99. The Morgan fingerprint density at radius 3 is 1.13 bits per heavy atom. The van der Waals surface area contributed by atoms with Crippen molar-refractivity contribution >= 4 is 0 Å². The molecule has 2 aromatic carbocycles. The van der Waals surface area contributed by atoms with Crippen LogP contribution in [0.2, 0.25) is 0 Å². The normalized spacial score (nSPS) is 7.73. The summed E-state index contributed by atoms with van der Waals surface area (Å²) in [4.78, 5) is 2.00. The van der Waals surface area contributed by atoms with E-state index in [0.717, 1.165) is 0 Å². The maximum absolute atomic E-state index is 2.00. The Hall–Kier alpha value is -0.717. The fourth-order valence-corrected chi connectivity index (χ4v) is 0.642. The Bertz CT molecular complexity index is 182. The molecule has 0 fully saturated rings. The van der Waals surface area contributed by atoms with Crippen molar-refractivity contribution in [1.29, 1.82) is 0 Å². The largest absolute Gasteiger partial charge is 0.748 e. The minimum absolute atomic E-state index is 0. The monoisotopic (exact) mass is 291 g/mol. The summed E-state index contributed by atoms with van der Waals surface area (Å²) < 4.78 is 0. The van der Waals surface area contributed by atoms with Gasteiger partial charge in [0.15, 0.2) is 0 Å². The molecule has 0 N–H and O–H groups in total. The molecule has 0 saturated heterocycles. The Kier molecular flexibility index (Phi) is 14.8. The minimum atomic E-state index is 0. The molecule has 2 heteroatoms. The zero-order valence-electron chi connectivity index (χ0n) is 9.57. The average molecular weight is 290 g/mol. The van der Waals surface area contributed by atoms with Crippen LogP contribution in [0.5, 0.6) is 0 Å². The molecule has 90 valence electrons. The van der Waals surface area contributed by atoms with Crippen LogP contribution in [0.15, 0.2) is 60.7 Å². The Morgan fingerprint density at radius 2 is 1.00 bits per heavy atom. The maximum atomic E-state index is 2.00. The summed E-state index contributed by atoms with van der Waals surface area (Å²) in [7, 11) is 6.00. The van der Waals surface area contributed by atoms with Crippen molar-refractivity contribution in [2.45, 2.75) is 0 Å². The second-order valence-corrected chi connectivity index (χ2v) is 3.27. The molecule has 2 rings (SSSR count). The predicted molar refractivity (Wildman–Crippen MR) is 63.7 cm³/mol. The topological polar surface area (TPSA) is 3.24 Å². The van der Waals surface area contributed by atoms with Crippen LogP contribution in [-0.2, 0) is 19.5 Å². The fourth-order valence-electron chi connectivity index (χ4n) is 0.642.